The van der Waals surface area contributed by atoms with Gasteiger partial charge in [0.2, 0.25) is 5.91 Å². The van der Waals surface area contributed by atoms with E-state index in [-0.39, 0.29) is 17.6 Å². The summed E-state index contributed by atoms with van der Waals surface area (Å²) in [5, 5.41) is 2.78. The molecule has 1 N–H and O–H groups in total. The molecule has 0 aliphatic carbocycles. The second kappa shape index (κ2) is 6.18. The number of hydrogen-bond acceptors (Lipinski definition) is 2. The number of carbonyl (C=O) groups excluding carboxylic acids is 2. The molecular formula is C14H19NO2. The summed E-state index contributed by atoms with van der Waals surface area (Å²) in [7, 11) is 0. The molecule has 0 saturated carbocycles. The molecule has 1 aromatic rings. The standard InChI is InChI=1S/C14H19NO2/c1-10(2)14(17)15-13(11(3)16)9-12-7-5-4-6-8-12/h4-8,10,13H,9H2,1-3H3,(H,15,17). The van der Waals surface area contributed by atoms with E-state index in [0.29, 0.717) is 6.42 Å². The van der Waals surface area contributed by atoms with Gasteiger partial charge in [0.25, 0.3) is 0 Å². The fraction of sp³-hybridized carbons (Fsp3) is 0.429. The molecule has 1 unspecified atom stereocenters. The van der Waals surface area contributed by atoms with Crippen LogP contribution in [0, 0.1) is 5.92 Å². The Bertz CT molecular complexity index is 384. The second-order valence-corrected chi connectivity index (χ2v) is 4.52. The van der Waals surface area contributed by atoms with Crippen LogP contribution in [0.1, 0.15) is 26.3 Å². The van der Waals surface area contributed by atoms with E-state index in [9.17, 15) is 9.59 Å². The largest absolute Gasteiger partial charge is 0.346 e. The molecule has 1 aromatic carbocycles. The van der Waals surface area contributed by atoms with Crippen LogP contribution in [0.15, 0.2) is 30.3 Å². The molecule has 0 bridgehead atoms. The number of nitrogens with one attached hydrogen (secondary N) is 1. The fourth-order valence-corrected chi connectivity index (χ4v) is 1.48. The Morgan fingerprint density at radius 2 is 1.76 bits per heavy atom. The van der Waals surface area contributed by atoms with E-state index < -0.39 is 6.04 Å². The highest BCUT2D eigenvalue weighted by atomic mass is 16.2. The Kier molecular flexibility index (Phi) is 4.88. The van der Waals surface area contributed by atoms with Gasteiger partial charge in [-0.2, -0.15) is 0 Å². The molecule has 1 rings (SSSR count). The molecule has 3 heteroatoms. The number of carbonyl (C=O) groups is 2. The Morgan fingerprint density at radius 1 is 1.18 bits per heavy atom. The van der Waals surface area contributed by atoms with Crippen LogP contribution in [0.2, 0.25) is 0 Å². The second-order valence-electron chi connectivity index (χ2n) is 4.52. The SMILES string of the molecule is CC(=O)C(Cc1ccccc1)NC(=O)C(C)C. The van der Waals surface area contributed by atoms with Crippen LogP contribution >= 0.6 is 0 Å². The van der Waals surface area contributed by atoms with Crippen molar-refractivity contribution in [2.45, 2.75) is 33.2 Å². The Labute approximate surface area is 102 Å². The zero-order valence-corrected chi connectivity index (χ0v) is 10.6. The first kappa shape index (κ1) is 13.4. The average molecular weight is 233 g/mol. The molecular weight excluding hydrogens is 214 g/mol. The maximum atomic E-state index is 11.6. The van der Waals surface area contributed by atoms with Gasteiger partial charge >= 0.3 is 0 Å². The molecule has 0 aliphatic rings. The summed E-state index contributed by atoms with van der Waals surface area (Å²) in [6, 6.07) is 9.27. The Balaban J connectivity index is 2.68. The van der Waals surface area contributed by atoms with Gasteiger partial charge in [-0.1, -0.05) is 44.2 Å². The third-order valence-electron chi connectivity index (χ3n) is 2.61. The van der Waals surface area contributed by atoms with E-state index in [1.54, 1.807) is 0 Å². The van der Waals surface area contributed by atoms with Gasteiger partial charge in [0, 0.05) is 5.92 Å². The lowest BCUT2D eigenvalue weighted by Gasteiger charge is -2.17. The van der Waals surface area contributed by atoms with Gasteiger partial charge < -0.3 is 5.32 Å². The van der Waals surface area contributed by atoms with E-state index in [4.69, 9.17) is 0 Å². The van der Waals surface area contributed by atoms with Crippen LogP contribution in [0.4, 0.5) is 0 Å². The number of ketones is 1. The molecule has 17 heavy (non-hydrogen) atoms. The first-order chi connectivity index (χ1) is 8.00. The highest BCUT2D eigenvalue weighted by Crippen LogP contribution is 2.05. The first-order valence-electron chi connectivity index (χ1n) is 5.85. The van der Waals surface area contributed by atoms with Gasteiger partial charge in [-0.15, -0.1) is 0 Å². The smallest absolute Gasteiger partial charge is 0.223 e. The monoisotopic (exact) mass is 233 g/mol. The maximum absolute atomic E-state index is 11.6. The molecule has 0 radical (unpaired) electrons. The summed E-state index contributed by atoms with van der Waals surface area (Å²) >= 11 is 0. The quantitative estimate of drug-likeness (QED) is 0.845. The number of amides is 1. The van der Waals surface area contributed by atoms with Crippen molar-refractivity contribution in [3.05, 3.63) is 35.9 Å². The van der Waals surface area contributed by atoms with Crippen molar-refractivity contribution >= 4 is 11.7 Å². The van der Waals surface area contributed by atoms with E-state index in [1.165, 1.54) is 6.92 Å². The number of rotatable bonds is 5. The molecule has 1 amide bonds. The summed E-state index contributed by atoms with van der Waals surface area (Å²) in [6.45, 7) is 5.14. The molecule has 0 saturated heterocycles. The predicted molar refractivity (Wildman–Crippen MR) is 67.6 cm³/mol. The normalized spacial score (nSPS) is 12.2. The summed E-state index contributed by atoms with van der Waals surface area (Å²) in [6.07, 6.45) is 0.550. The van der Waals surface area contributed by atoms with Gasteiger partial charge in [-0.05, 0) is 18.9 Å². The topological polar surface area (TPSA) is 46.2 Å². The minimum Gasteiger partial charge on any atom is -0.346 e. The van der Waals surface area contributed by atoms with E-state index in [0.717, 1.165) is 5.56 Å². The third-order valence-corrected chi connectivity index (χ3v) is 2.61. The van der Waals surface area contributed by atoms with Gasteiger partial charge in [-0.3, -0.25) is 9.59 Å². The van der Waals surface area contributed by atoms with Gasteiger partial charge in [0.15, 0.2) is 5.78 Å². The Morgan fingerprint density at radius 3 is 2.24 bits per heavy atom. The number of hydrogen-bond donors (Lipinski definition) is 1. The van der Waals surface area contributed by atoms with Crippen molar-refractivity contribution in [2.24, 2.45) is 5.92 Å². The average Bonchev–Trinajstić information content (AvgIpc) is 2.29. The van der Waals surface area contributed by atoms with Crippen molar-refractivity contribution in [1.29, 1.82) is 0 Å². The molecule has 0 fully saturated rings. The van der Waals surface area contributed by atoms with Crippen molar-refractivity contribution in [1.82, 2.24) is 5.32 Å². The van der Waals surface area contributed by atoms with Crippen LogP contribution in [0.5, 0.6) is 0 Å². The Hall–Kier alpha value is -1.64. The molecule has 3 nitrogen and oxygen atoms in total. The summed E-state index contributed by atoms with van der Waals surface area (Å²) in [5.41, 5.74) is 1.05. The van der Waals surface area contributed by atoms with Crippen LogP contribution in [-0.4, -0.2) is 17.7 Å². The van der Waals surface area contributed by atoms with Crippen molar-refractivity contribution in [2.75, 3.05) is 0 Å². The fourth-order valence-electron chi connectivity index (χ4n) is 1.48. The lowest BCUT2D eigenvalue weighted by atomic mass is 10.0. The van der Waals surface area contributed by atoms with Gasteiger partial charge in [0.05, 0.1) is 6.04 Å². The van der Waals surface area contributed by atoms with E-state index >= 15 is 0 Å². The lowest BCUT2D eigenvalue weighted by Crippen LogP contribution is -2.43. The van der Waals surface area contributed by atoms with Gasteiger partial charge in [-0.25, -0.2) is 0 Å². The minimum atomic E-state index is -0.424. The number of benzene rings is 1. The van der Waals surface area contributed by atoms with Gasteiger partial charge in [0.1, 0.15) is 0 Å². The molecule has 0 heterocycles. The summed E-state index contributed by atoms with van der Waals surface area (Å²) < 4.78 is 0. The zero-order valence-electron chi connectivity index (χ0n) is 10.6. The van der Waals surface area contributed by atoms with E-state index in [1.807, 2.05) is 44.2 Å². The molecule has 1 atom stereocenters. The van der Waals surface area contributed by atoms with E-state index in [2.05, 4.69) is 5.32 Å². The molecule has 92 valence electrons. The molecule has 0 spiro atoms. The highest BCUT2D eigenvalue weighted by Gasteiger charge is 2.18. The summed E-state index contributed by atoms with van der Waals surface area (Å²) in [5.74, 6) is -0.198. The highest BCUT2D eigenvalue weighted by molar-refractivity contribution is 5.88. The first-order valence-corrected chi connectivity index (χ1v) is 5.85. The van der Waals surface area contributed by atoms with Crippen LogP contribution in [0.3, 0.4) is 0 Å². The van der Waals surface area contributed by atoms with Crippen molar-refractivity contribution in [3.63, 3.8) is 0 Å². The minimum absolute atomic E-state index is 0.0112. The third kappa shape index (κ3) is 4.39. The molecule has 0 aromatic heterocycles. The van der Waals surface area contributed by atoms with Crippen LogP contribution in [-0.2, 0) is 16.0 Å². The number of Topliss-reactive ketones (excluding diaryl/α,β-unsaturated/α-hetero) is 1. The summed E-state index contributed by atoms with van der Waals surface area (Å²) in [4.78, 5) is 23.1. The van der Waals surface area contributed by atoms with Crippen molar-refractivity contribution < 1.29 is 9.59 Å². The maximum Gasteiger partial charge on any atom is 0.223 e. The van der Waals surface area contributed by atoms with Crippen molar-refractivity contribution in [3.8, 4) is 0 Å². The van der Waals surface area contributed by atoms with Crippen LogP contribution < -0.4 is 5.32 Å². The lowest BCUT2D eigenvalue weighted by molar-refractivity contribution is -0.128. The van der Waals surface area contributed by atoms with Crippen LogP contribution in [0.25, 0.3) is 0 Å². The predicted octanol–water partition coefficient (Wildman–Crippen LogP) is 1.96. The molecule has 0 aliphatic heterocycles. The zero-order chi connectivity index (χ0) is 12.8.